The number of halogens is 1. The van der Waals surface area contributed by atoms with Crippen molar-refractivity contribution in [1.29, 1.82) is 0 Å². The number of hydrazine groups is 1. The summed E-state index contributed by atoms with van der Waals surface area (Å²) in [5, 5.41) is 2.94. The number of amides is 3. The van der Waals surface area contributed by atoms with Crippen LogP contribution in [0.5, 0.6) is 0 Å². The van der Waals surface area contributed by atoms with E-state index in [0.717, 1.165) is 5.56 Å². The maximum absolute atomic E-state index is 12.0. The first kappa shape index (κ1) is 20.3. The molecule has 2 aromatic rings. The van der Waals surface area contributed by atoms with Gasteiger partial charge >= 0.3 is 0 Å². The zero-order chi connectivity index (χ0) is 19.8. The highest BCUT2D eigenvalue weighted by molar-refractivity contribution is 6.33. The summed E-state index contributed by atoms with van der Waals surface area (Å²) in [4.78, 5) is 41.4. The van der Waals surface area contributed by atoms with E-state index in [1.165, 1.54) is 4.90 Å². The molecule has 142 valence electrons. The average Bonchev–Trinajstić information content (AvgIpc) is 2.59. The van der Waals surface area contributed by atoms with Gasteiger partial charge in [-0.3, -0.25) is 30.1 Å². The van der Waals surface area contributed by atoms with Crippen LogP contribution in [0.4, 0.5) is 5.82 Å². The van der Waals surface area contributed by atoms with Crippen molar-refractivity contribution < 1.29 is 14.4 Å². The van der Waals surface area contributed by atoms with Gasteiger partial charge in [0.25, 0.3) is 11.8 Å². The largest absolute Gasteiger partial charge is 0.310 e. The minimum atomic E-state index is -0.528. The van der Waals surface area contributed by atoms with Gasteiger partial charge in [0.2, 0.25) is 5.91 Å². The Hall–Kier alpha value is -2.97. The Kier molecular flexibility index (Phi) is 7.27. The number of likely N-dealkylation sites (N-methyl/N-ethyl adjacent to an activating group) is 1. The molecule has 0 aliphatic rings. The molecule has 0 spiro atoms. The molecule has 3 amide bonds. The molecule has 2 rings (SSSR count). The first-order valence-electron chi connectivity index (χ1n) is 8.10. The summed E-state index contributed by atoms with van der Waals surface area (Å²) in [5.74, 6) is -0.854. The molecule has 1 heterocycles. The fourth-order valence-electron chi connectivity index (χ4n) is 2.21. The van der Waals surface area contributed by atoms with Crippen molar-refractivity contribution in [2.45, 2.75) is 6.92 Å². The molecule has 0 saturated heterocycles. The lowest BCUT2D eigenvalue weighted by molar-refractivity contribution is -0.123. The smallest absolute Gasteiger partial charge is 0.271 e. The van der Waals surface area contributed by atoms with Gasteiger partial charge < -0.3 is 5.32 Å². The second-order valence-electron chi connectivity index (χ2n) is 5.92. The van der Waals surface area contributed by atoms with E-state index in [-0.39, 0.29) is 29.6 Å². The number of carbonyl (C=O) groups excluding carboxylic acids is 3. The van der Waals surface area contributed by atoms with Crippen LogP contribution in [0.3, 0.4) is 0 Å². The van der Waals surface area contributed by atoms with E-state index in [2.05, 4.69) is 21.2 Å². The molecule has 0 fully saturated rings. The van der Waals surface area contributed by atoms with Crippen molar-refractivity contribution in [3.05, 3.63) is 58.7 Å². The van der Waals surface area contributed by atoms with Crippen molar-refractivity contribution in [1.82, 2.24) is 20.7 Å². The number of aromatic nitrogens is 1. The highest BCUT2D eigenvalue weighted by Gasteiger charge is 2.13. The summed E-state index contributed by atoms with van der Waals surface area (Å²) >= 11 is 5.92. The second-order valence-corrected chi connectivity index (χ2v) is 6.33. The summed E-state index contributed by atoms with van der Waals surface area (Å²) in [7, 11) is 1.61. The van der Waals surface area contributed by atoms with Gasteiger partial charge in [0.15, 0.2) is 0 Å². The number of rotatable bonds is 6. The van der Waals surface area contributed by atoms with E-state index < -0.39 is 11.8 Å². The van der Waals surface area contributed by atoms with Crippen LogP contribution in [0.25, 0.3) is 0 Å². The predicted octanol–water partition coefficient (Wildman–Crippen LogP) is 1.37. The van der Waals surface area contributed by atoms with Crippen molar-refractivity contribution in [2.75, 3.05) is 25.5 Å². The van der Waals surface area contributed by atoms with Crippen LogP contribution < -0.4 is 16.2 Å². The standard InChI is InChI=1S/C18H20ClN5O3/c1-12-7-8-20-15(9-12)21-16(25)10-24(2)11-17(26)22-23-18(27)13-5-3-4-6-14(13)19/h3-9H,10-11H2,1-2H3,(H,22,26)(H,23,27)(H,20,21,25). The van der Waals surface area contributed by atoms with Crippen LogP contribution in [0.1, 0.15) is 15.9 Å². The predicted molar refractivity (Wildman–Crippen MR) is 102 cm³/mol. The highest BCUT2D eigenvalue weighted by atomic mass is 35.5. The number of hydrogen-bond acceptors (Lipinski definition) is 5. The average molecular weight is 390 g/mol. The molecule has 9 heteroatoms. The second kappa shape index (κ2) is 9.65. The number of pyridine rings is 1. The Bertz CT molecular complexity index is 843. The fraction of sp³-hybridized carbons (Fsp3) is 0.222. The molecule has 8 nitrogen and oxygen atoms in total. The number of anilines is 1. The van der Waals surface area contributed by atoms with E-state index >= 15 is 0 Å². The molecule has 0 atom stereocenters. The molecule has 0 saturated carbocycles. The molecular formula is C18H20ClN5O3. The van der Waals surface area contributed by atoms with Crippen molar-refractivity contribution in [2.24, 2.45) is 0 Å². The van der Waals surface area contributed by atoms with Gasteiger partial charge in [-0.05, 0) is 43.8 Å². The Morgan fingerprint density at radius 3 is 2.48 bits per heavy atom. The van der Waals surface area contributed by atoms with Gasteiger partial charge in [0.05, 0.1) is 23.7 Å². The zero-order valence-corrected chi connectivity index (χ0v) is 15.7. The highest BCUT2D eigenvalue weighted by Crippen LogP contribution is 2.14. The van der Waals surface area contributed by atoms with Gasteiger partial charge in [0, 0.05) is 6.20 Å². The third-order valence-electron chi connectivity index (χ3n) is 3.44. The van der Waals surface area contributed by atoms with E-state index in [9.17, 15) is 14.4 Å². The van der Waals surface area contributed by atoms with E-state index in [0.29, 0.717) is 5.82 Å². The van der Waals surface area contributed by atoms with Gasteiger partial charge in [-0.15, -0.1) is 0 Å². The topological polar surface area (TPSA) is 103 Å². The SMILES string of the molecule is Cc1ccnc(NC(=O)CN(C)CC(=O)NNC(=O)c2ccccc2Cl)c1. The van der Waals surface area contributed by atoms with E-state index in [1.807, 2.05) is 13.0 Å². The molecule has 3 N–H and O–H groups in total. The van der Waals surface area contributed by atoms with Crippen LogP contribution >= 0.6 is 11.6 Å². The minimum Gasteiger partial charge on any atom is -0.310 e. The lowest BCUT2D eigenvalue weighted by Gasteiger charge is -2.16. The van der Waals surface area contributed by atoms with Crippen molar-refractivity contribution in [3.8, 4) is 0 Å². The summed E-state index contributed by atoms with van der Waals surface area (Å²) in [6, 6.07) is 10.0. The Balaban J connectivity index is 1.75. The lowest BCUT2D eigenvalue weighted by atomic mass is 10.2. The lowest BCUT2D eigenvalue weighted by Crippen LogP contribution is -2.46. The number of carbonyl (C=O) groups is 3. The molecule has 0 aliphatic carbocycles. The normalized spacial score (nSPS) is 10.4. The number of nitrogens with one attached hydrogen (secondary N) is 3. The molecule has 0 bridgehead atoms. The summed E-state index contributed by atoms with van der Waals surface area (Å²) in [5.41, 5.74) is 5.79. The molecular weight excluding hydrogens is 370 g/mol. The molecule has 1 aromatic carbocycles. The maximum atomic E-state index is 12.0. The van der Waals surface area contributed by atoms with Crippen LogP contribution in [-0.4, -0.2) is 47.7 Å². The molecule has 27 heavy (non-hydrogen) atoms. The Morgan fingerprint density at radius 1 is 1.07 bits per heavy atom. The Labute approximate surface area is 161 Å². The maximum Gasteiger partial charge on any atom is 0.271 e. The summed E-state index contributed by atoms with van der Waals surface area (Å²) in [6.07, 6.45) is 1.60. The fourth-order valence-corrected chi connectivity index (χ4v) is 2.43. The third kappa shape index (κ3) is 6.69. The zero-order valence-electron chi connectivity index (χ0n) is 15.0. The molecule has 1 aromatic heterocycles. The molecule has 0 unspecified atom stereocenters. The Morgan fingerprint density at radius 2 is 1.78 bits per heavy atom. The van der Waals surface area contributed by atoms with Gasteiger partial charge in [-0.25, -0.2) is 4.98 Å². The quantitative estimate of drug-likeness (QED) is 0.647. The first-order chi connectivity index (χ1) is 12.8. The third-order valence-corrected chi connectivity index (χ3v) is 3.77. The van der Waals surface area contributed by atoms with Crippen LogP contribution in [0, 0.1) is 6.92 Å². The number of benzene rings is 1. The number of hydrogen-bond donors (Lipinski definition) is 3. The summed E-state index contributed by atoms with van der Waals surface area (Å²) < 4.78 is 0. The summed E-state index contributed by atoms with van der Waals surface area (Å²) in [6.45, 7) is 1.80. The monoisotopic (exact) mass is 389 g/mol. The van der Waals surface area contributed by atoms with Gasteiger partial charge in [-0.2, -0.15) is 0 Å². The number of nitrogens with zero attached hydrogens (tertiary/aromatic N) is 2. The van der Waals surface area contributed by atoms with Crippen LogP contribution in [0.2, 0.25) is 5.02 Å². The van der Waals surface area contributed by atoms with E-state index in [4.69, 9.17) is 11.6 Å². The van der Waals surface area contributed by atoms with Crippen molar-refractivity contribution >= 4 is 35.1 Å². The first-order valence-corrected chi connectivity index (χ1v) is 8.47. The van der Waals surface area contributed by atoms with Crippen LogP contribution in [0.15, 0.2) is 42.6 Å². The van der Waals surface area contributed by atoms with Gasteiger partial charge in [0.1, 0.15) is 5.82 Å². The van der Waals surface area contributed by atoms with Crippen LogP contribution in [-0.2, 0) is 9.59 Å². The molecule has 0 radical (unpaired) electrons. The molecule has 0 aliphatic heterocycles. The van der Waals surface area contributed by atoms with E-state index in [1.54, 1.807) is 43.6 Å². The minimum absolute atomic E-state index is 0.0124. The van der Waals surface area contributed by atoms with Crippen molar-refractivity contribution in [3.63, 3.8) is 0 Å². The number of aryl methyl sites for hydroxylation is 1. The van der Waals surface area contributed by atoms with Gasteiger partial charge in [-0.1, -0.05) is 23.7 Å².